The maximum Gasteiger partial charge on any atom is 0.229 e. The van der Waals surface area contributed by atoms with Gasteiger partial charge in [-0.25, -0.2) is 4.98 Å². The van der Waals surface area contributed by atoms with Crippen molar-refractivity contribution in [2.24, 2.45) is 0 Å². The van der Waals surface area contributed by atoms with Crippen LogP contribution in [0.3, 0.4) is 0 Å². The maximum absolute atomic E-state index is 4.63. The highest BCUT2D eigenvalue weighted by molar-refractivity contribution is 5.96. The molecule has 1 fully saturated rings. The van der Waals surface area contributed by atoms with Gasteiger partial charge in [-0.2, -0.15) is 4.98 Å². The van der Waals surface area contributed by atoms with E-state index in [4.69, 9.17) is 0 Å². The van der Waals surface area contributed by atoms with Crippen LogP contribution in [0.15, 0.2) is 67.0 Å². The van der Waals surface area contributed by atoms with Crippen molar-refractivity contribution in [2.45, 2.75) is 6.42 Å². The fourth-order valence-corrected chi connectivity index (χ4v) is 4.18. The van der Waals surface area contributed by atoms with Crippen LogP contribution in [0.1, 0.15) is 6.42 Å². The minimum atomic E-state index is 0.591. The number of aromatic nitrogens is 3. The molecule has 0 bridgehead atoms. The topological polar surface area (TPSA) is 80.9 Å². The van der Waals surface area contributed by atoms with Crippen molar-refractivity contribution in [1.82, 2.24) is 25.2 Å². The van der Waals surface area contributed by atoms with Gasteiger partial charge in [0.15, 0.2) is 0 Å². The lowest BCUT2D eigenvalue weighted by molar-refractivity contribution is 0.240. The van der Waals surface area contributed by atoms with Crippen LogP contribution in [0.2, 0.25) is 0 Å². The zero-order chi connectivity index (χ0) is 21.6. The second-order valence-electron chi connectivity index (χ2n) is 8.09. The first-order valence-corrected chi connectivity index (χ1v) is 11.3. The van der Waals surface area contributed by atoms with E-state index in [-0.39, 0.29) is 0 Å². The van der Waals surface area contributed by atoms with Crippen molar-refractivity contribution in [2.75, 3.05) is 49.9 Å². The van der Waals surface area contributed by atoms with E-state index in [9.17, 15) is 0 Å². The van der Waals surface area contributed by atoms with Gasteiger partial charge in [0.2, 0.25) is 5.95 Å². The summed E-state index contributed by atoms with van der Waals surface area (Å²) in [4.78, 5) is 14.9. The van der Waals surface area contributed by atoms with Gasteiger partial charge in [-0.1, -0.05) is 30.3 Å². The molecule has 5 rings (SSSR count). The van der Waals surface area contributed by atoms with E-state index >= 15 is 0 Å². The first-order chi connectivity index (χ1) is 15.8. The molecule has 7 nitrogen and oxygen atoms in total. The highest BCUT2D eigenvalue weighted by Crippen LogP contribution is 2.30. The third kappa shape index (κ3) is 4.90. The minimum absolute atomic E-state index is 0.591. The van der Waals surface area contributed by atoms with Gasteiger partial charge >= 0.3 is 0 Å². The van der Waals surface area contributed by atoms with E-state index in [0.29, 0.717) is 5.95 Å². The Bertz CT molecular complexity index is 1160. The summed E-state index contributed by atoms with van der Waals surface area (Å²) in [5, 5.41) is 11.4. The molecular weight excluding hydrogens is 398 g/mol. The highest BCUT2D eigenvalue weighted by Gasteiger charge is 2.09. The van der Waals surface area contributed by atoms with Crippen LogP contribution in [-0.2, 0) is 0 Å². The Hall–Kier alpha value is -3.42. The quantitative estimate of drug-likeness (QED) is 0.317. The van der Waals surface area contributed by atoms with Crippen LogP contribution in [0.5, 0.6) is 0 Å². The van der Waals surface area contributed by atoms with Gasteiger partial charge in [-0.15, -0.1) is 0 Å². The number of aromatic amines is 1. The monoisotopic (exact) mass is 427 g/mol. The Balaban J connectivity index is 1.21. The molecule has 4 aromatic rings. The molecule has 3 heterocycles. The summed E-state index contributed by atoms with van der Waals surface area (Å²) in [6, 6.07) is 18.6. The van der Waals surface area contributed by atoms with Gasteiger partial charge in [-0.05, 0) is 42.8 Å². The number of fused-ring (bicyclic) bond motifs is 1. The molecule has 0 saturated carbocycles. The molecular formula is C25H29N7. The van der Waals surface area contributed by atoms with Crippen LogP contribution in [0, 0.1) is 0 Å². The average Bonchev–Trinajstić information content (AvgIpc) is 3.27. The lowest BCUT2D eigenvalue weighted by atomic mass is 10.0. The third-order valence-corrected chi connectivity index (χ3v) is 5.84. The number of nitrogens with one attached hydrogen (secondary N) is 4. The predicted octanol–water partition coefficient (Wildman–Crippen LogP) is 4.08. The van der Waals surface area contributed by atoms with Crippen molar-refractivity contribution in [3.8, 4) is 11.1 Å². The second kappa shape index (κ2) is 9.80. The normalized spacial score (nSPS) is 14.5. The average molecular weight is 428 g/mol. The number of benzene rings is 2. The highest BCUT2D eigenvalue weighted by atomic mass is 15.2. The summed E-state index contributed by atoms with van der Waals surface area (Å²) >= 11 is 0. The number of para-hydroxylation sites is 1. The molecule has 0 unspecified atom stereocenters. The first kappa shape index (κ1) is 20.5. The van der Waals surface area contributed by atoms with Crippen LogP contribution in [-0.4, -0.2) is 59.1 Å². The van der Waals surface area contributed by atoms with Crippen molar-refractivity contribution in [1.29, 1.82) is 0 Å². The van der Waals surface area contributed by atoms with Crippen LogP contribution in [0.25, 0.3) is 22.0 Å². The molecule has 32 heavy (non-hydrogen) atoms. The van der Waals surface area contributed by atoms with E-state index in [1.54, 1.807) is 6.20 Å². The molecule has 0 aliphatic carbocycles. The Morgan fingerprint density at radius 1 is 1.00 bits per heavy atom. The molecule has 2 aromatic carbocycles. The van der Waals surface area contributed by atoms with Gasteiger partial charge in [0.05, 0.1) is 0 Å². The van der Waals surface area contributed by atoms with E-state index < -0.39 is 0 Å². The maximum atomic E-state index is 4.63. The number of hydrogen-bond donors (Lipinski definition) is 4. The molecule has 0 atom stereocenters. The van der Waals surface area contributed by atoms with Gasteiger partial charge in [0, 0.05) is 67.3 Å². The molecule has 2 aromatic heterocycles. The largest absolute Gasteiger partial charge is 0.370 e. The lowest BCUT2D eigenvalue weighted by Crippen LogP contribution is -2.44. The molecule has 1 aliphatic rings. The van der Waals surface area contributed by atoms with Crippen LogP contribution >= 0.6 is 0 Å². The molecule has 0 amide bonds. The standard InChI is InChI=1S/C25H29N7/c1-2-8-23-21(7-1)22(18-29-23)19-5-3-6-20(17-19)30-25-28-11-9-24(31-25)27-10-4-14-32-15-12-26-13-16-32/h1-3,5-9,11,17-18,26,29H,4,10,12-16H2,(H2,27,28,30,31). The number of piperazine rings is 1. The van der Waals surface area contributed by atoms with Crippen molar-refractivity contribution in [3.63, 3.8) is 0 Å². The summed E-state index contributed by atoms with van der Waals surface area (Å²) in [7, 11) is 0. The van der Waals surface area contributed by atoms with E-state index in [2.05, 4.69) is 78.4 Å². The van der Waals surface area contributed by atoms with Gasteiger partial charge in [0.25, 0.3) is 0 Å². The van der Waals surface area contributed by atoms with E-state index in [1.165, 1.54) is 10.9 Å². The first-order valence-electron chi connectivity index (χ1n) is 11.3. The Morgan fingerprint density at radius 2 is 1.91 bits per heavy atom. The molecule has 7 heteroatoms. The molecule has 1 saturated heterocycles. The number of rotatable bonds is 8. The summed E-state index contributed by atoms with van der Waals surface area (Å²) in [5.41, 5.74) is 4.43. The van der Waals surface area contributed by atoms with E-state index in [1.807, 2.05) is 18.2 Å². The van der Waals surface area contributed by atoms with Crippen LogP contribution in [0.4, 0.5) is 17.5 Å². The van der Waals surface area contributed by atoms with E-state index in [0.717, 1.165) is 68.3 Å². The zero-order valence-electron chi connectivity index (χ0n) is 18.1. The third-order valence-electron chi connectivity index (χ3n) is 5.84. The molecule has 0 spiro atoms. The minimum Gasteiger partial charge on any atom is -0.370 e. The lowest BCUT2D eigenvalue weighted by Gasteiger charge is -2.27. The Kier molecular flexibility index (Phi) is 6.28. The van der Waals surface area contributed by atoms with Crippen LogP contribution < -0.4 is 16.0 Å². The zero-order valence-corrected chi connectivity index (χ0v) is 18.1. The summed E-state index contributed by atoms with van der Waals surface area (Å²) < 4.78 is 0. The van der Waals surface area contributed by atoms with Crippen molar-refractivity contribution >= 4 is 28.4 Å². The molecule has 164 valence electrons. The number of nitrogens with zero attached hydrogens (tertiary/aromatic N) is 3. The van der Waals surface area contributed by atoms with Gasteiger partial charge < -0.3 is 25.8 Å². The summed E-state index contributed by atoms with van der Waals surface area (Å²) in [6.45, 7) is 6.48. The number of H-pyrrole nitrogens is 1. The predicted molar refractivity (Wildman–Crippen MR) is 131 cm³/mol. The molecule has 4 N–H and O–H groups in total. The van der Waals surface area contributed by atoms with Gasteiger partial charge in [0.1, 0.15) is 5.82 Å². The SMILES string of the molecule is c1cc(Nc2nccc(NCCCN3CCNCC3)n2)cc(-c2c[nH]c3ccccc23)c1. The van der Waals surface area contributed by atoms with Crippen molar-refractivity contribution in [3.05, 3.63) is 67.0 Å². The Labute approximate surface area is 188 Å². The van der Waals surface area contributed by atoms with Crippen molar-refractivity contribution < 1.29 is 0 Å². The smallest absolute Gasteiger partial charge is 0.229 e. The fourth-order valence-electron chi connectivity index (χ4n) is 4.18. The summed E-state index contributed by atoms with van der Waals surface area (Å²) in [6.07, 6.45) is 4.95. The number of hydrogen-bond acceptors (Lipinski definition) is 6. The molecule has 1 aliphatic heterocycles. The second-order valence-corrected chi connectivity index (χ2v) is 8.09. The summed E-state index contributed by atoms with van der Waals surface area (Å²) in [5.74, 6) is 1.43. The Morgan fingerprint density at radius 3 is 2.84 bits per heavy atom. The number of anilines is 3. The molecule has 0 radical (unpaired) electrons. The fraction of sp³-hybridized carbons (Fsp3) is 0.280. The van der Waals surface area contributed by atoms with Gasteiger partial charge in [-0.3, -0.25) is 0 Å².